The number of hydroxylamine groups is 2. The normalized spacial score (nSPS) is 22.2. The van der Waals surface area contributed by atoms with Crippen LogP contribution in [-0.4, -0.2) is 113 Å². The van der Waals surface area contributed by atoms with E-state index in [0.717, 1.165) is 0 Å². The minimum atomic E-state index is -2.56. The van der Waals surface area contributed by atoms with Crippen LogP contribution in [-0.2, 0) is 36.9 Å². The first-order valence-corrected chi connectivity index (χ1v) is 32.1. The van der Waals surface area contributed by atoms with Gasteiger partial charge in [0, 0.05) is 32.8 Å². The van der Waals surface area contributed by atoms with Gasteiger partial charge in [0.15, 0.2) is 33.3 Å². The first kappa shape index (κ1) is 52.7. The number of aliphatic hydroxyl groups excluding tert-OH is 1. The van der Waals surface area contributed by atoms with Crippen molar-refractivity contribution in [1.29, 1.82) is 0 Å². The molecule has 1 rings (SSSR count). The van der Waals surface area contributed by atoms with Crippen LogP contribution in [0.15, 0.2) is 0 Å². The first-order valence-electron chi connectivity index (χ1n) is 20.5. The van der Waals surface area contributed by atoms with Crippen LogP contribution in [0.4, 0.5) is 0 Å². The molecule has 7 atom stereocenters. The number of ether oxygens (including phenoxy) is 1. The second-order valence-corrected chi connectivity index (χ2v) is 41.8. The van der Waals surface area contributed by atoms with E-state index in [4.69, 9.17) is 27.3 Å². The average molecular weight is 850 g/mol. The minimum Gasteiger partial charge on any atom is -0.416 e. The van der Waals surface area contributed by atoms with Gasteiger partial charge in [0.25, 0.3) is 0 Å². The van der Waals surface area contributed by atoms with Crippen LogP contribution in [0.25, 0.3) is 0 Å². The molecule has 1 fully saturated rings. The first-order chi connectivity index (χ1) is 24.2. The van der Waals surface area contributed by atoms with Crippen molar-refractivity contribution in [3.8, 4) is 0 Å². The van der Waals surface area contributed by atoms with Crippen LogP contribution in [0.2, 0.25) is 72.5 Å². The van der Waals surface area contributed by atoms with Crippen molar-refractivity contribution >= 4 is 45.0 Å². The lowest BCUT2D eigenvalue weighted by Crippen LogP contribution is -2.57. The molecule has 1 saturated heterocycles. The maximum Gasteiger partial charge on any atom is 0.248 e. The molecule has 0 spiro atoms. The van der Waals surface area contributed by atoms with Crippen molar-refractivity contribution in [2.24, 2.45) is 17.8 Å². The standard InChI is InChI=1S/C41H87NO9Si4/c1-29(26-43)35-41(14,49-35)36(51-55(23,24)40(11,12)13)31(28-48-53(19,20)38(5,6)7)34(45)30(27-47-52(17,18)37(2,3)4)32(25-33(44)42(15)46-16)50-54(21,22)39(8,9)10/h29-32,35-36,43H,25-28H2,1-24H3/t29-,30+,31-,32-,35+,36-,41+/m0/s1. The summed E-state index contributed by atoms with van der Waals surface area (Å²) < 4.78 is 35.1. The molecule has 0 unspecified atom stereocenters. The van der Waals surface area contributed by atoms with E-state index in [2.05, 4.69) is 135 Å². The summed E-state index contributed by atoms with van der Waals surface area (Å²) in [7, 11) is -6.84. The smallest absolute Gasteiger partial charge is 0.248 e. The molecule has 10 nitrogen and oxygen atoms in total. The highest BCUT2D eigenvalue weighted by molar-refractivity contribution is 6.75. The maximum atomic E-state index is 16.1. The summed E-state index contributed by atoms with van der Waals surface area (Å²) in [4.78, 5) is 35.2. The average Bonchev–Trinajstić information content (AvgIpc) is 3.69. The summed E-state index contributed by atoms with van der Waals surface area (Å²) in [6.45, 7) is 47.9. The van der Waals surface area contributed by atoms with Gasteiger partial charge in [0.1, 0.15) is 11.4 Å². The molecule has 14 heteroatoms. The van der Waals surface area contributed by atoms with Crippen molar-refractivity contribution in [3.05, 3.63) is 0 Å². The topological polar surface area (TPSA) is 116 Å². The molecule has 1 aliphatic rings. The van der Waals surface area contributed by atoms with Crippen LogP contribution in [0, 0.1) is 17.8 Å². The Labute approximate surface area is 342 Å². The molecule has 1 N–H and O–H groups in total. The molecule has 0 radical (unpaired) electrons. The van der Waals surface area contributed by atoms with Gasteiger partial charge in [-0.15, -0.1) is 0 Å². The number of rotatable bonds is 20. The van der Waals surface area contributed by atoms with Gasteiger partial charge < -0.3 is 27.5 Å². The second kappa shape index (κ2) is 18.1. The van der Waals surface area contributed by atoms with Crippen LogP contribution >= 0.6 is 0 Å². The second-order valence-electron chi connectivity index (χ2n) is 22.6. The number of Topliss-reactive ketones (excluding diaryl/α,β-unsaturated/α-hetero) is 1. The SMILES string of the molecule is CON(C)C(=O)C[C@H](O[Si](C)(C)C(C)(C)C)[C@@H](CO[Si](C)(C)C(C)(C)C)C(=O)[C@H](CO[Si](C)(C)C(C)(C)C)[C@H](O[Si](C)(C)C(C)(C)C)[C@]1(C)O[C@@H]1[C@@H](C)CO. The van der Waals surface area contributed by atoms with Crippen molar-refractivity contribution in [3.63, 3.8) is 0 Å². The van der Waals surface area contributed by atoms with Gasteiger partial charge in [-0.1, -0.05) is 90.0 Å². The molecule has 0 aliphatic carbocycles. The van der Waals surface area contributed by atoms with Gasteiger partial charge in [-0.05, 0) is 79.5 Å². The largest absolute Gasteiger partial charge is 0.416 e. The summed E-state index contributed by atoms with van der Waals surface area (Å²) >= 11 is 0. The van der Waals surface area contributed by atoms with Crippen LogP contribution in [0.1, 0.15) is 103 Å². The van der Waals surface area contributed by atoms with Crippen LogP contribution < -0.4 is 0 Å². The molecule has 1 heterocycles. The molecule has 0 bridgehead atoms. The van der Waals surface area contributed by atoms with Gasteiger partial charge in [0.2, 0.25) is 5.91 Å². The Morgan fingerprint density at radius 3 is 1.45 bits per heavy atom. The quantitative estimate of drug-likeness (QED) is 0.0726. The lowest BCUT2D eigenvalue weighted by Gasteiger charge is -2.46. The van der Waals surface area contributed by atoms with E-state index in [9.17, 15) is 9.90 Å². The number of carbonyl (C=O) groups excluding carboxylic acids is 2. The zero-order valence-corrected chi connectivity index (χ0v) is 44.0. The van der Waals surface area contributed by atoms with Gasteiger partial charge in [0.05, 0.1) is 43.7 Å². The third-order valence-corrected chi connectivity index (χ3v) is 32.1. The Bertz CT molecular complexity index is 1280. The van der Waals surface area contributed by atoms with Crippen LogP contribution in [0.5, 0.6) is 0 Å². The Morgan fingerprint density at radius 1 is 0.709 bits per heavy atom. The Kier molecular flexibility index (Phi) is 17.4. The summed E-state index contributed by atoms with van der Waals surface area (Å²) in [6.07, 6.45) is -1.86. The molecule has 0 aromatic rings. The lowest BCUT2D eigenvalue weighted by molar-refractivity contribution is -0.171. The van der Waals surface area contributed by atoms with E-state index in [1.54, 1.807) is 7.05 Å². The summed E-state index contributed by atoms with van der Waals surface area (Å²) in [5.41, 5.74) is -0.860. The predicted octanol–water partition coefficient (Wildman–Crippen LogP) is 9.81. The number of amides is 1. The lowest BCUT2D eigenvalue weighted by atomic mass is 9.79. The maximum absolute atomic E-state index is 16.1. The zero-order valence-electron chi connectivity index (χ0n) is 40.0. The van der Waals surface area contributed by atoms with Gasteiger partial charge >= 0.3 is 0 Å². The molecular formula is C41H87NO9Si4. The molecule has 1 amide bonds. The van der Waals surface area contributed by atoms with Crippen molar-refractivity contribution in [1.82, 2.24) is 5.06 Å². The van der Waals surface area contributed by atoms with E-state index in [-0.39, 0.29) is 70.1 Å². The van der Waals surface area contributed by atoms with Crippen LogP contribution in [0.3, 0.4) is 0 Å². The van der Waals surface area contributed by atoms with Crippen molar-refractivity contribution < 1.29 is 42.0 Å². The summed E-state index contributed by atoms with van der Waals surface area (Å²) in [6, 6.07) is 0. The highest BCUT2D eigenvalue weighted by atomic mass is 28.4. The summed E-state index contributed by atoms with van der Waals surface area (Å²) in [5.74, 6) is -2.16. The van der Waals surface area contributed by atoms with Crippen molar-refractivity contribution in [2.75, 3.05) is 34.0 Å². The predicted molar refractivity (Wildman–Crippen MR) is 236 cm³/mol. The Hall–Kier alpha value is -0.272. The zero-order chi connectivity index (χ0) is 43.8. The number of hydrogen-bond acceptors (Lipinski definition) is 9. The molecule has 55 heavy (non-hydrogen) atoms. The van der Waals surface area contributed by atoms with Gasteiger partial charge in [-0.25, -0.2) is 5.06 Å². The highest BCUT2D eigenvalue weighted by Crippen LogP contribution is 2.51. The fourth-order valence-corrected chi connectivity index (χ4v) is 10.4. The molecule has 1 aliphatic heterocycles. The van der Waals surface area contributed by atoms with E-state index in [1.165, 1.54) is 12.2 Å². The van der Waals surface area contributed by atoms with E-state index < -0.39 is 62.9 Å². The summed E-state index contributed by atoms with van der Waals surface area (Å²) in [5, 5.41) is 10.9. The van der Waals surface area contributed by atoms with Gasteiger partial charge in [-0.2, -0.15) is 0 Å². The Balaban J connectivity index is 4.29. The van der Waals surface area contributed by atoms with E-state index >= 15 is 4.79 Å². The molecule has 0 saturated carbocycles. The van der Waals surface area contributed by atoms with Gasteiger partial charge in [-0.3, -0.25) is 14.4 Å². The number of ketones is 1. The number of nitrogens with zero attached hydrogens (tertiary/aromatic N) is 1. The number of epoxide rings is 1. The molecule has 326 valence electrons. The number of hydrogen-bond donors (Lipinski definition) is 1. The fourth-order valence-electron chi connectivity index (χ4n) is 5.56. The third kappa shape index (κ3) is 13.1. The Morgan fingerprint density at radius 2 is 1.09 bits per heavy atom. The molecule has 0 aromatic carbocycles. The highest BCUT2D eigenvalue weighted by Gasteiger charge is 2.65. The molecular weight excluding hydrogens is 763 g/mol. The number of carbonyl (C=O) groups is 2. The monoisotopic (exact) mass is 850 g/mol. The fraction of sp³-hybridized carbons (Fsp3) is 0.951. The minimum absolute atomic E-state index is 0.0489. The van der Waals surface area contributed by atoms with E-state index in [0.29, 0.717) is 0 Å². The molecule has 0 aromatic heterocycles. The number of aliphatic hydroxyl groups is 1. The van der Waals surface area contributed by atoms with E-state index in [1.807, 2.05) is 13.8 Å². The third-order valence-electron chi connectivity index (χ3n) is 14.1. The van der Waals surface area contributed by atoms with Crippen molar-refractivity contribution in [2.45, 2.75) is 200 Å².